The predicted octanol–water partition coefficient (Wildman–Crippen LogP) is 2.09. The molecule has 0 aliphatic heterocycles. The van der Waals surface area contributed by atoms with Crippen molar-refractivity contribution in [2.24, 2.45) is 0 Å². The molecule has 94 valence electrons. The number of aliphatic hydroxyl groups excluding tert-OH is 1. The fourth-order valence-electron chi connectivity index (χ4n) is 1.82. The number of hydrogen-bond acceptors (Lipinski definition) is 2. The van der Waals surface area contributed by atoms with Crippen LogP contribution in [0.15, 0.2) is 16.7 Å². The summed E-state index contributed by atoms with van der Waals surface area (Å²) in [6, 6.07) is 2.14. The first kappa shape index (κ1) is 12.6. The van der Waals surface area contributed by atoms with Crippen LogP contribution in [0, 0.1) is 0 Å². The van der Waals surface area contributed by atoms with Crippen molar-refractivity contribution < 1.29 is 9.90 Å². The van der Waals surface area contributed by atoms with E-state index in [0.29, 0.717) is 11.7 Å². The molecule has 0 spiro atoms. The van der Waals surface area contributed by atoms with E-state index in [2.05, 4.69) is 21.2 Å². The number of halogens is 1. The lowest BCUT2D eigenvalue weighted by atomic mass is 10.2. The lowest BCUT2D eigenvalue weighted by Crippen LogP contribution is -2.37. The lowest BCUT2D eigenvalue weighted by molar-refractivity contribution is 0.0905. The number of aromatic nitrogens is 1. The summed E-state index contributed by atoms with van der Waals surface area (Å²) in [5.74, 6) is -0.108. The minimum absolute atomic E-state index is 0.0203. The zero-order valence-corrected chi connectivity index (χ0v) is 11.4. The zero-order chi connectivity index (χ0) is 12.4. The summed E-state index contributed by atoms with van der Waals surface area (Å²) in [5.41, 5.74) is 0.672. The minimum atomic E-state index is -0.163. The van der Waals surface area contributed by atoms with Gasteiger partial charge in [0.25, 0.3) is 5.91 Å². The Bertz CT molecular complexity index is 409. The van der Waals surface area contributed by atoms with E-state index in [1.54, 1.807) is 0 Å². The van der Waals surface area contributed by atoms with E-state index in [4.69, 9.17) is 5.11 Å². The lowest BCUT2D eigenvalue weighted by Gasteiger charge is -2.15. The van der Waals surface area contributed by atoms with Gasteiger partial charge in [0.1, 0.15) is 5.69 Å². The first-order valence-corrected chi connectivity index (χ1v) is 6.74. The summed E-state index contributed by atoms with van der Waals surface area (Å²) in [6.07, 6.45) is 4.96. The highest BCUT2D eigenvalue weighted by Gasteiger charge is 2.28. The minimum Gasteiger partial charge on any atom is -0.394 e. The average Bonchev–Trinajstić information content (AvgIpc) is 3.09. The third-order valence-corrected chi connectivity index (χ3v) is 3.47. The maximum Gasteiger partial charge on any atom is 0.268 e. The van der Waals surface area contributed by atoms with Crippen molar-refractivity contribution in [2.45, 2.75) is 38.3 Å². The van der Waals surface area contributed by atoms with Gasteiger partial charge in [0.05, 0.1) is 12.6 Å². The number of carbonyl (C=O) groups excluding carboxylic acids is 1. The summed E-state index contributed by atoms with van der Waals surface area (Å²) in [6.45, 7) is 1.92. The zero-order valence-electron chi connectivity index (χ0n) is 9.82. The van der Waals surface area contributed by atoms with Gasteiger partial charge in [0, 0.05) is 16.7 Å². The molecule has 1 atom stereocenters. The van der Waals surface area contributed by atoms with E-state index >= 15 is 0 Å². The van der Waals surface area contributed by atoms with Gasteiger partial charge in [-0.1, -0.05) is 6.92 Å². The van der Waals surface area contributed by atoms with Gasteiger partial charge in [-0.15, -0.1) is 0 Å². The number of rotatable bonds is 5. The van der Waals surface area contributed by atoms with Crippen molar-refractivity contribution in [3.63, 3.8) is 0 Å². The maximum absolute atomic E-state index is 12.1. The van der Waals surface area contributed by atoms with E-state index in [0.717, 1.165) is 23.7 Å². The molecule has 0 unspecified atom stereocenters. The van der Waals surface area contributed by atoms with E-state index < -0.39 is 0 Å². The molecule has 5 heteroatoms. The van der Waals surface area contributed by atoms with Crippen LogP contribution < -0.4 is 5.32 Å². The average molecular weight is 301 g/mol. The number of aliphatic hydroxyl groups is 1. The topological polar surface area (TPSA) is 54.3 Å². The van der Waals surface area contributed by atoms with Crippen LogP contribution in [0.2, 0.25) is 0 Å². The molecule has 1 amide bonds. The molecule has 1 saturated carbocycles. The summed E-state index contributed by atoms with van der Waals surface area (Å²) in [7, 11) is 0. The monoisotopic (exact) mass is 300 g/mol. The Balaban J connectivity index is 2.12. The number of carbonyl (C=O) groups is 1. The van der Waals surface area contributed by atoms with Gasteiger partial charge in [-0.2, -0.15) is 0 Å². The predicted molar refractivity (Wildman–Crippen MR) is 69.0 cm³/mol. The molecular weight excluding hydrogens is 284 g/mol. The molecule has 1 aliphatic rings. The van der Waals surface area contributed by atoms with Crippen LogP contribution in [0.25, 0.3) is 0 Å². The molecule has 1 fully saturated rings. The van der Waals surface area contributed by atoms with Crippen LogP contribution >= 0.6 is 15.9 Å². The van der Waals surface area contributed by atoms with Crippen molar-refractivity contribution in [3.05, 3.63) is 22.4 Å². The van der Waals surface area contributed by atoms with Crippen LogP contribution in [-0.2, 0) is 0 Å². The standard InChI is InChI=1S/C12H17BrN2O2/c1-2-9(7-16)14-12(17)11-5-8(13)6-15(11)10-3-4-10/h5-6,9-10,16H,2-4,7H2,1H3,(H,14,17)/t9-/m0/s1. The SMILES string of the molecule is CC[C@@H](CO)NC(=O)c1cc(Br)cn1C1CC1. The Morgan fingerprint density at radius 2 is 2.41 bits per heavy atom. The highest BCUT2D eigenvalue weighted by molar-refractivity contribution is 9.10. The van der Waals surface area contributed by atoms with Crippen LogP contribution in [0.1, 0.15) is 42.7 Å². The number of nitrogens with one attached hydrogen (secondary N) is 1. The summed E-state index contributed by atoms with van der Waals surface area (Å²) in [4.78, 5) is 12.1. The third kappa shape index (κ3) is 2.90. The molecule has 0 aromatic carbocycles. The number of nitrogens with zero attached hydrogens (tertiary/aromatic N) is 1. The van der Waals surface area contributed by atoms with Crippen LogP contribution in [-0.4, -0.2) is 28.2 Å². The van der Waals surface area contributed by atoms with Crippen LogP contribution in [0.4, 0.5) is 0 Å². The Morgan fingerprint density at radius 1 is 1.71 bits per heavy atom. The number of hydrogen-bond donors (Lipinski definition) is 2. The third-order valence-electron chi connectivity index (χ3n) is 3.04. The van der Waals surface area contributed by atoms with Gasteiger partial charge in [0.2, 0.25) is 0 Å². The Morgan fingerprint density at radius 3 is 2.94 bits per heavy atom. The van der Waals surface area contributed by atoms with Gasteiger partial charge in [0.15, 0.2) is 0 Å². The largest absolute Gasteiger partial charge is 0.394 e. The number of amides is 1. The van der Waals surface area contributed by atoms with Crippen molar-refractivity contribution in [2.75, 3.05) is 6.61 Å². The summed E-state index contributed by atoms with van der Waals surface area (Å²) in [5, 5.41) is 11.9. The summed E-state index contributed by atoms with van der Waals surface area (Å²) >= 11 is 3.40. The molecule has 0 bridgehead atoms. The van der Waals surface area contributed by atoms with E-state index in [9.17, 15) is 4.79 Å². The maximum atomic E-state index is 12.1. The molecule has 2 N–H and O–H groups in total. The molecule has 1 aromatic rings. The van der Waals surface area contributed by atoms with Gasteiger partial charge < -0.3 is 15.0 Å². The molecule has 0 saturated heterocycles. The second-order valence-corrected chi connectivity index (χ2v) is 5.36. The second kappa shape index (κ2) is 5.23. The van der Waals surface area contributed by atoms with Gasteiger partial charge in [-0.3, -0.25) is 4.79 Å². The second-order valence-electron chi connectivity index (χ2n) is 4.44. The fourth-order valence-corrected chi connectivity index (χ4v) is 2.26. The molecule has 1 aromatic heterocycles. The highest BCUT2D eigenvalue weighted by atomic mass is 79.9. The van der Waals surface area contributed by atoms with E-state index in [-0.39, 0.29) is 18.6 Å². The molecular formula is C12H17BrN2O2. The van der Waals surface area contributed by atoms with Gasteiger partial charge in [-0.05, 0) is 41.3 Å². The Kier molecular flexibility index (Phi) is 3.89. The van der Waals surface area contributed by atoms with Crippen molar-refractivity contribution in [1.29, 1.82) is 0 Å². The fraction of sp³-hybridized carbons (Fsp3) is 0.583. The van der Waals surface area contributed by atoms with Gasteiger partial charge >= 0.3 is 0 Å². The van der Waals surface area contributed by atoms with Crippen LogP contribution in [0.3, 0.4) is 0 Å². The van der Waals surface area contributed by atoms with Gasteiger partial charge in [-0.25, -0.2) is 0 Å². The molecule has 4 nitrogen and oxygen atoms in total. The summed E-state index contributed by atoms with van der Waals surface area (Å²) < 4.78 is 2.94. The first-order chi connectivity index (χ1) is 8.15. The smallest absolute Gasteiger partial charge is 0.268 e. The molecule has 2 rings (SSSR count). The van der Waals surface area contributed by atoms with E-state index in [1.807, 2.05) is 23.8 Å². The van der Waals surface area contributed by atoms with Crippen LogP contribution in [0.5, 0.6) is 0 Å². The van der Waals surface area contributed by atoms with Crippen molar-refractivity contribution in [3.8, 4) is 0 Å². The van der Waals surface area contributed by atoms with Crippen molar-refractivity contribution in [1.82, 2.24) is 9.88 Å². The molecule has 0 radical (unpaired) electrons. The molecule has 1 aliphatic carbocycles. The quantitative estimate of drug-likeness (QED) is 0.875. The van der Waals surface area contributed by atoms with Crippen molar-refractivity contribution >= 4 is 21.8 Å². The molecule has 1 heterocycles. The van der Waals surface area contributed by atoms with E-state index in [1.165, 1.54) is 0 Å². The Labute approximate surface area is 109 Å². The Hall–Kier alpha value is -0.810. The first-order valence-electron chi connectivity index (χ1n) is 5.94. The normalized spacial score (nSPS) is 16.9. The highest BCUT2D eigenvalue weighted by Crippen LogP contribution is 2.37. The molecule has 17 heavy (non-hydrogen) atoms.